The Bertz CT molecular complexity index is 838. The second kappa shape index (κ2) is 9.04. The summed E-state index contributed by atoms with van der Waals surface area (Å²) in [6.45, 7) is 5.24. The second-order valence-electron chi connectivity index (χ2n) is 6.90. The molecule has 0 saturated carbocycles. The highest BCUT2D eigenvalue weighted by Crippen LogP contribution is 2.18. The molecule has 4 rings (SSSR count). The van der Waals surface area contributed by atoms with Gasteiger partial charge in [-0.15, -0.1) is 0 Å². The van der Waals surface area contributed by atoms with E-state index in [9.17, 15) is 9.18 Å². The third kappa shape index (κ3) is 4.73. The van der Waals surface area contributed by atoms with Crippen molar-refractivity contribution < 1.29 is 18.7 Å². The third-order valence-corrected chi connectivity index (χ3v) is 5.07. The number of anilines is 2. The van der Waals surface area contributed by atoms with Crippen molar-refractivity contribution in [2.24, 2.45) is 0 Å². The van der Waals surface area contributed by atoms with Crippen LogP contribution in [-0.2, 0) is 9.53 Å². The Balaban J connectivity index is 1.30. The van der Waals surface area contributed by atoms with Crippen molar-refractivity contribution in [3.05, 3.63) is 42.3 Å². The summed E-state index contributed by atoms with van der Waals surface area (Å²) in [7, 11) is 0. The Labute approximate surface area is 168 Å². The van der Waals surface area contributed by atoms with E-state index in [1.165, 1.54) is 12.1 Å². The van der Waals surface area contributed by atoms with Gasteiger partial charge in [0.15, 0.2) is 18.2 Å². The van der Waals surface area contributed by atoms with Gasteiger partial charge in [-0.3, -0.25) is 4.79 Å². The lowest BCUT2D eigenvalue weighted by atomic mass is 10.3. The van der Waals surface area contributed by atoms with E-state index in [1.54, 1.807) is 23.2 Å². The van der Waals surface area contributed by atoms with Crippen LogP contribution >= 0.6 is 0 Å². The van der Waals surface area contributed by atoms with Crippen molar-refractivity contribution in [3.63, 3.8) is 0 Å². The maximum absolute atomic E-state index is 13.6. The molecule has 29 heavy (non-hydrogen) atoms. The van der Waals surface area contributed by atoms with E-state index in [-0.39, 0.29) is 18.3 Å². The van der Waals surface area contributed by atoms with Crippen LogP contribution in [0.5, 0.6) is 5.75 Å². The molecular weight excluding hydrogens is 377 g/mol. The van der Waals surface area contributed by atoms with Crippen LogP contribution in [-0.4, -0.2) is 79.9 Å². The van der Waals surface area contributed by atoms with Crippen molar-refractivity contribution in [1.29, 1.82) is 0 Å². The Kier molecular flexibility index (Phi) is 6.04. The molecule has 1 aromatic carbocycles. The zero-order chi connectivity index (χ0) is 20.1. The molecule has 0 radical (unpaired) electrons. The number of halogens is 1. The first kappa shape index (κ1) is 19.4. The van der Waals surface area contributed by atoms with Gasteiger partial charge in [0.2, 0.25) is 5.95 Å². The number of benzene rings is 1. The zero-order valence-electron chi connectivity index (χ0n) is 16.2. The first-order valence-corrected chi connectivity index (χ1v) is 9.76. The van der Waals surface area contributed by atoms with Crippen LogP contribution in [0.3, 0.4) is 0 Å². The number of hydrogen-bond donors (Lipinski definition) is 0. The maximum atomic E-state index is 13.6. The highest BCUT2D eigenvalue weighted by atomic mass is 19.1. The van der Waals surface area contributed by atoms with Crippen LogP contribution in [0.4, 0.5) is 16.2 Å². The van der Waals surface area contributed by atoms with Crippen LogP contribution in [0.2, 0.25) is 0 Å². The number of carbonyl (C=O) groups is 1. The van der Waals surface area contributed by atoms with Crippen LogP contribution < -0.4 is 14.5 Å². The number of para-hydroxylation sites is 1. The van der Waals surface area contributed by atoms with Crippen LogP contribution in [0.25, 0.3) is 0 Å². The molecule has 2 aromatic rings. The van der Waals surface area contributed by atoms with E-state index in [2.05, 4.69) is 14.8 Å². The average molecular weight is 401 g/mol. The summed E-state index contributed by atoms with van der Waals surface area (Å²) < 4.78 is 24.3. The fourth-order valence-electron chi connectivity index (χ4n) is 3.41. The molecule has 0 aliphatic carbocycles. The lowest BCUT2D eigenvalue weighted by Gasteiger charge is -2.35. The van der Waals surface area contributed by atoms with Gasteiger partial charge in [0.25, 0.3) is 5.91 Å². The number of aromatic nitrogens is 2. The van der Waals surface area contributed by atoms with Gasteiger partial charge in [-0.1, -0.05) is 12.1 Å². The summed E-state index contributed by atoms with van der Waals surface area (Å²) in [5.41, 5.74) is 0. The largest absolute Gasteiger partial charge is 0.481 e. The lowest BCUT2D eigenvalue weighted by Crippen LogP contribution is -2.50. The number of rotatable bonds is 5. The predicted molar refractivity (Wildman–Crippen MR) is 106 cm³/mol. The summed E-state index contributed by atoms with van der Waals surface area (Å²) in [5.74, 6) is 1.05. The van der Waals surface area contributed by atoms with Crippen LogP contribution in [0, 0.1) is 5.82 Å². The Hall–Kier alpha value is -2.94. The van der Waals surface area contributed by atoms with Crippen molar-refractivity contribution in [2.75, 3.05) is 68.9 Å². The third-order valence-electron chi connectivity index (χ3n) is 5.07. The summed E-state index contributed by atoms with van der Waals surface area (Å²) in [5, 5.41) is 0. The Morgan fingerprint density at radius 2 is 1.79 bits per heavy atom. The standard InChI is InChI=1S/C20H24FN5O3/c21-16-3-1-2-4-17(16)29-15-19(27)25-9-7-24(8-10-25)18-5-6-22-20(23-18)26-11-13-28-14-12-26/h1-6H,7-15H2. The molecule has 0 atom stereocenters. The van der Waals surface area contributed by atoms with Gasteiger partial charge in [-0.25, -0.2) is 9.37 Å². The normalized spacial score (nSPS) is 17.3. The fourth-order valence-corrected chi connectivity index (χ4v) is 3.41. The number of carbonyl (C=O) groups excluding carboxylic acids is 1. The van der Waals surface area contributed by atoms with Crippen molar-refractivity contribution >= 4 is 17.7 Å². The fraction of sp³-hybridized carbons (Fsp3) is 0.450. The molecule has 0 N–H and O–H groups in total. The average Bonchev–Trinajstić information content (AvgIpc) is 2.79. The van der Waals surface area contributed by atoms with Gasteiger partial charge < -0.3 is 24.2 Å². The number of nitrogens with zero attached hydrogens (tertiary/aromatic N) is 5. The number of piperazine rings is 1. The molecule has 2 aliphatic rings. The maximum Gasteiger partial charge on any atom is 0.260 e. The molecule has 1 amide bonds. The second-order valence-corrected chi connectivity index (χ2v) is 6.90. The highest BCUT2D eigenvalue weighted by Gasteiger charge is 2.23. The predicted octanol–water partition coefficient (Wildman–Crippen LogP) is 1.18. The minimum absolute atomic E-state index is 0.0936. The monoisotopic (exact) mass is 401 g/mol. The summed E-state index contributed by atoms with van der Waals surface area (Å²) in [6, 6.07) is 7.98. The minimum atomic E-state index is -0.468. The molecule has 2 saturated heterocycles. The highest BCUT2D eigenvalue weighted by molar-refractivity contribution is 5.78. The molecule has 154 valence electrons. The lowest BCUT2D eigenvalue weighted by molar-refractivity contribution is -0.133. The molecule has 8 nitrogen and oxygen atoms in total. The number of morpholine rings is 1. The SMILES string of the molecule is O=C(COc1ccccc1F)N1CCN(c2ccnc(N3CCOCC3)n2)CC1. The minimum Gasteiger partial charge on any atom is -0.481 e. The topological polar surface area (TPSA) is 71.0 Å². The number of amides is 1. The first-order valence-electron chi connectivity index (χ1n) is 9.76. The van der Waals surface area contributed by atoms with Crippen LogP contribution in [0.1, 0.15) is 0 Å². The van der Waals surface area contributed by atoms with Gasteiger partial charge in [0.1, 0.15) is 5.82 Å². The van der Waals surface area contributed by atoms with E-state index in [4.69, 9.17) is 14.5 Å². The van der Waals surface area contributed by atoms with Gasteiger partial charge in [-0.05, 0) is 18.2 Å². The molecule has 0 spiro atoms. The Morgan fingerprint density at radius 1 is 1.03 bits per heavy atom. The van der Waals surface area contributed by atoms with E-state index >= 15 is 0 Å². The number of hydrogen-bond acceptors (Lipinski definition) is 7. The number of ether oxygens (including phenoxy) is 2. The molecule has 9 heteroatoms. The smallest absolute Gasteiger partial charge is 0.260 e. The zero-order valence-corrected chi connectivity index (χ0v) is 16.2. The summed E-state index contributed by atoms with van der Waals surface area (Å²) >= 11 is 0. The van der Waals surface area contributed by atoms with Gasteiger partial charge in [-0.2, -0.15) is 4.98 Å². The summed E-state index contributed by atoms with van der Waals surface area (Å²) in [4.78, 5) is 27.5. The molecule has 3 heterocycles. The van der Waals surface area contributed by atoms with Crippen molar-refractivity contribution in [1.82, 2.24) is 14.9 Å². The van der Waals surface area contributed by atoms with Gasteiger partial charge >= 0.3 is 0 Å². The van der Waals surface area contributed by atoms with E-state index < -0.39 is 5.82 Å². The van der Waals surface area contributed by atoms with E-state index in [1.807, 2.05) is 6.07 Å². The Morgan fingerprint density at radius 3 is 2.55 bits per heavy atom. The van der Waals surface area contributed by atoms with Crippen molar-refractivity contribution in [3.8, 4) is 5.75 Å². The van der Waals surface area contributed by atoms with Crippen molar-refractivity contribution in [2.45, 2.75) is 0 Å². The van der Waals surface area contributed by atoms with Gasteiger partial charge in [0, 0.05) is 45.5 Å². The molecule has 2 aliphatic heterocycles. The van der Waals surface area contributed by atoms with E-state index in [0.29, 0.717) is 45.3 Å². The molecule has 0 bridgehead atoms. The first-order chi connectivity index (χ1) is 14.2. The molecule has 2 fully saturated rings. The van der Waals surface area contributed by atoms with Crippen LogP contribution in [0.15, 0.2) is 36.5 Å². The molecule has 0 unspecified atom stereocenters. The molecule has 1 aromatic heterocycles. The quantitative estimate of drug-likeness (QED) is 0.745. The summed E-state index contributed by atoms with van der Waals surface area (Å²) in [6.07, 6.45) is 1.77. The molecular formula is C20H24FN5O3. The van der Waals surface area contributed by atoms with Gasteiger partial charge in [0.05, 0.1) is 13.2 Å². The van der Waals surface area contributed by atoms with E-state index in [0.717, 1.165) is 18.9 Å².